The second-order valence-corrected chi connectivity index (χ2v) is 6.21. The second-order valence-electron chi connectivity index (χ2n) is 6.21. The first-order chi connectivity index (χ1) is 8.70. The quantitative estimate of drug-likeness (QED) is 0.886. The summed E-state index contributed by atoms with van der Waals surface area (Å²) in [5, 5.41) is 0. The number of aromatic nitrogens is 1. The fraction of sp³-hybridized carbons (Fsp3) is 0.667. The molecule has 3 nitrogen and oxygen atoms in total. The summed E-state index contributed by atoms with van der Waals surface area (Å²) in [5.41, 5.74) is 7.69. The molecule has 98 valence electrons. The van der Waals surface area contributed by atoms with Gasteiger partial charge in [0.15, 0.2) is 0 Å². The van der Waals surface area contributed by atoms with Crippen LogP contribution in [0.2, 0.25) is 0 Å². The summed E-state index contributed by atoms with van der Waals surface area (Å²) in [5.74, 6) is 2.97. The van der Waals surface area contributed by atoms with Crippen molar-refractivity contribution in [2.45, 2.75) is 32.2 Å². The van der Waals surface area contributed by atoms with Gasteiger partial charge in [-0.15, -0.1) is 0 Å². The van der Waals surface area contributed by atoms with Crippen LogP contribution in [0.15, 0.2) is 18.3 Å². The highest BCUT2D eigenvalue weighted by Crippen LogP contribution is 2.48. The first kappa shape index (κ1) is 12.0. The lowest BCUT2D eigenvalue weighted by Gasteiger charge is -2.27. The third kappa shape index (κ3) is 2.51. The molecular weight excluding hydrogens is 222 g/mol. The Balaban J connectivity index is 1.54. The van der Waals surface area contributed by atoms with Crippen molar-refractivity contribution >= 4 is 5.69 Å². The molecule has 0 aliphatic heterocycles. The monoisotopic (exact) mass is 245 g/mol. The van der Waals surface area contributed by atoms with Gasteiger partial charge in [-0.1, -0.05) is 6.42 Å². The first-order valence-electron chi connectivity index (χ1n) is 7.09. The molecule has 3 rings (SSSR count). The molecule has 3 unspecified atom stereocenters. The summed E-state index contributed by atoms with van der Waals surface area (Å²) in [4.78, 5) is 6.79. The maximum atomic E-state index is 5.79. The highest BCUT2D eigenvalue weighted by molar-refractivity contribution is 5.37. The third-order valence-electron chi connectivity index (χ3n) is 4.70. The van der Waals surface area contributed by atoms with E-state index >= 15 is 0 Å². The maximum Gasteiger partial charge on any atom is 0.0564 e. The number of fused-ring (bicyclic) bond motifs is 2. The Hall–Kier alpha value is -1.09. The van der Waals surface area contributed by atoms with Gasteiger partial charge in [0.1, 0.15) is 0 Å². The van der Waals surface area contributed by atoms with E-state index in [4.69, 9.17) is 5.73 Å². The van der Waals surface area contributed by atoms with Crippen LogP contribution in [-0.2, 0) is 6.54 Å². The molecule has 18 heavy (non-hydrogen) atoms. The van der Waals surface area contributed by atoms with Crippen LogP contribution in [0.3, 0.4) is 0 Å². The largest absolute Gasteiger partial charge is 0.399 e. The summed E-state index contributed by atoms with van der Waals surface area (Å²) in [6.45, 7) is 2.14. The molecule has 2 fully saturated rings. The molecule has 2 aliphatic rings. The van der Waals surface area contributed by atoms with Gasteiger partial charge in [-0.05, 0) is 56.2 Å². The lowest BCUT2D eigenvalue weighted by atomic mass is 9.88. The highest BCUT2D eigenvalue weighted by Gasteiger charge is 2.39. The van der Waals surface area contributed by atoms with Gasteiger partial charge in [-0.3, -0.25) is 4.98 Å². The van der Waals surface area contributed by atoms with Gasteiger partial charge in [-0.2, -0.15) is 0 Å². The number of hydrogen-bond acceptors (Lipinski definition) is 3. The van der Waals surface area contributed by atoms with Crippen molar-refractivity contribution in [1.82, 2.24) is 9.88 Å². The van der Waals surface area contributed by atoms with E-state index in [1.165, 1.54) is 32.2 Å². The van der Waals surface area contributed by atoms with Crippen molar-refractivity contribution in [3.8, 4) is 0 Å². The first-order valence-corrected chi connectivity index (χ1v) is 7.09. The number of anilines is 1. The minimum atomic E-state index is 0.813. The Morgan fingerprint density at radius 2 is 2.28 bits per heavy atom. The topological polar surface area (TPSA) is 42.1 Å². The smallest absolute Gasteiger partial charge is 0.0564 e. The van der Waals surface area contributed by atoms with Crippen molar-refractivity contribution in [1.29, 1.82) is 0 Å². The van der Waals surface area contributed by atoms with Crippen LogP contribution in [-0.4, -0.2) is 23.5 Å². The van der Waals surface area contributed by atoms with E-state index in [2.05, 4.69) is 16.9 Å². The predicted molar refractivity (Wildman–Crippen MR) is 73.9 cm³/mol. The fourth-order valence-corrected chi connectivity index (χ4v) is 3.92. The van der Waals surface area contributed by atoms with Crippen LogP contribution in [0.4, 0.5) is 5.69 Å². The van der Waals surface area contributed by atoms with Gasteiger partial charge in [0.2, 0.25) is 0 Å². The van der Waals surface area contributed by atoms with Gasteiger partial charge >= 0.3 is 0 Å². The highest BCUT2D eigenvalue weighted by atomic mass is 15.1. The van der Waals surface area contributed by atoms with Crippen molar-refractivity contribution < 1.29 is 0 Å². The molecule has 2 N–H and O–H groups in total. The second kappa shape index (κ2) is 4.88. The Kier molecular flexibility index (Phi) is 3.25. The number of nitrogen functional groups attached to an aromatic ring is 1. The summed E-state index contributed by atoms with van der Waals surface area (Å²) < 4.78 is 0. The molecule has 1 aromatic rings. The van der Waals surface area contributed by atoms with Crippen LogP contribution in [0.25, 0.3) is 0 Å². The maximum absolute atomic E-state index is 5.79. The molecule has 0 radical (unpaired) electrons. The number of nitrogens with zero attached hydrogens (tertiary/aromatic N) is 2. The zero-order chi connectivity index (χ0) is 12.5. The summed E-state index contributed by atoms with van der Waals surface area (Å²) in [6.07, 6.45) is 7.71. The lowest BCUT2D eigenvalue weighted by molar-refractivity contribution is 0.213. The molecule has 1 aromatic heterocycles. The van der Waals surface area contributed by atoms with Crippen molar-refractivity contribution in [2.24, 2.45) is 17.8 Å². The Morgan fingerprint density at radius 1 is 1.39 bits per heavy atom. The predicted octanol–water partition coefficient (Wildman–Crippen LogP) is 2.53. The van der Waals surface area contributed by atoms with E-state index in [1.807, 2.05) is 12.1 Å². The average molecular weight is 245 g/mol. The van der Waals surface area contributed by atoms with Gasteiger partial charge in [0.05, 0.1) is 5.69 Å². The van der Waals surface area contributed by atoms with Crippen molar-refractivity contribution in [3.05, 3.63) is 24.0 Å². The van der Waals surface area contributed by atoms with Gasteiger partial charge in [0.25, 0.3) is 0 Å². The van der Waals surface area contributed by atoms with E-state index in [0.717, 1.165) is 35.7 Å². The third-order valence-corrected chi connectivity index (χ3v) is 4.70. The lowest BCUT2D eigenvalue weighted by Crippen LogP contribution is -2.28. The Labute approximate surface area is 109 Å². The van der Waals surface area contributed by atoms with E-state index < -0.39 is 0 Å². The molecule has 0 amide bonds. The molecule has 0 aromatic carbocycles. The molecule has 3 heteroatoms. The number of rotatable bonds is 4. The molecule has 2 aliphatic carbocycles. The molecule has 2 bridgehead atoms. The zero-order valence-electron chi connectivity index (χ0n) is 11.2. The normalized spacial score (nSPS) is 30.2. The van der Waals surface area contributed by atoms with Crippen molar-refractivity contribution in [3.63, 3.8) is 0 Å². The van der Waals surface area contributed by atoms with E-state index in [1.54, 1.807) is 6.20 Å². The van der Waals surface area contributed by atoms with Crippen LogP contribution in [0.5, 0.6) is 0 Å². The minimum Gasteiger partial charge on any atom is -0.399 e. The van der Waals surface area contributed by atoms with Crippen LogP contribution in [0, 0.1) is 17.8 Å². The Bertz CT molecular complexity index is 418. The summed E-state index contributed by atoms with van der Waals surface area (Å²) >= 11 is 0. The summed E-state index contributed by atoms with van der Waals surface area (Å²) in [7, 11) is 2.21. The Morgan fingerprint density at radius 3 is 2.94 bits per heavy atom. The van der Waals surface area contributed by atoms with E-state index in [0.29, 0.717) is 0 Å². The van der Waals surface area contributed by atoms with Gasteiger partial charge < -0.3 is 10.6 Å². The summed E-state index contributed by atoms with van der Waals surface area (Å²) in [6, 6.07) is 3.83. The molecule has 0 spiro atoms. The SMILES string of the molecule is CN(Cc1cc(N)ccn1)CC1CC2CCC1C2. The fourth-order valence-electron chi connectivity index (χ4n) is 3.92. The molecule has 0 saturated heterocycles. The average Bonchev–Trinajstić information content (AvgIpc) is 2.90. The van der Waals surface area contributed by atoms with Gasteiger partial charge in [0, 0.05) is 25.0 Å². The number of nitrogens with two attached hydrogens (primary N) is 1. The molecule has 3 atom stereocenters. The van der Waals surface area contributed by atoms with Crippen LogP contribution in [0.1, 0.15) is 31.4 Å². The van der Waals surface area contributed by atoms with E-state index in [-0.39, 0.29) is 0 Å². The number of hydrogen-bond donors (Lipinski definition) is 1. The molecule has 1 heterocycles. The molecule has 2 saturated carbocycles. The number of pyridine rings is 1. The van der Waals surface area contributed by atoms with Crippen molar-refractivity contribution in [2.75, 3.05) is 19.3 Å². The van der Waals surface area contributed by atoms with Crippen LogP contribution >= 0.6 is 0 Å². The standard InChI is InChI=1S/C15H23N3/c1-18(10-15-8-14(16)4-5-17-15)9-13-7-11-2-3-12(13)6-11/h4-5,8,11-13H,2-3,6-7,9-10H2,1H3,(H2,16,17). The molecular formula is C15H23N3. The van der Waals surface area contributed by atoms with E-state index in [9.17, 15) is 0 Å². The minimum absolute atomic E-state index is 0.813. The van der Waals surface area contributed by atoms with Crippen LogP contribution < -0.4 is 5.73 Å². The zero-order valence-corrected chi connectivity index (χ0v) is 11.2. The van der Waals surface area contributed by atoms with Gasteiger partial charge in [-0.25, -0.2) is 0 Å².